The first-order valence-electron chi connectivity index (χ1n) is 10.2. The van der Waals surface area contributed by atoms with Crippen LogP contribution < -0.4 is 5.32 Å². The molecule has 150 valence electrons. The molecule has 3 heterocycles. The molecule has 3 N–H and O–H groups in total. The van der Waals surface area contributed by atoms with Gasteiger partial charge in [0.1, 0.15) is 0 Å². The zero-order valence-corrected chi connectivity index (χ0v) is 16.7. The van der Waals surface area contributed by atoms with Crippen molar-refractivity contribution in [2.24, 2.45) is 5.92 Å². The highest BCUT2D eigenvalue weighted by Gasteiger charge is 2.42. The van der Waals surface area contributed by atoms with Crippen molar-refractivity contribution in [3.63, 3.8) is 0 Å². The predicted molar refractivity (Wildman–Crippen MR) is 108 cm³/mol. The number of carbonyl (C=O) groups excluding carboxylic acids is 1. The number of H-pyrrole nitrogens is 1. The predicted octanol–water partition coefficient (Wildman–Crippen LogP) is 2.94. The molecule has 2 aliphatic heterocycles. The van der Waals surface area contributed by atoms with Gasteiger partial charge >= 0.3 is 5.97 Å². The number of carboxylic acid groups (broad SMARTS) is 1. The molecule has 1 saturated heterocycles. The maximum Gasteiger partial charge on any atom is 0.303 e. The number of aliphatic carboxylic acids is 1. The number of nitrogens with zero attached hydrogens (tertiary/aromatic N) is 1. The summed E-state index contributed by atoms with van der Waals surface area (Å²) in [7, 11) is 0. The lowest BCUT2D eigenvalue weighted by atomic mass is 9.79. The molecule has 0 bridgehead atoms. The number of hydrogen-bond donors (Lipinski definition) is 3. The fraction of sp³-hybridized carbons (Fsp3) is 0.545. The smallest absolute Gasteiger partial charge is 0.303 e. The number of carboxylic acids is 1. The molecule has 0 aliphatic carbocycles. The van der Waals surface area contributed by atoms with Crippen LogP contribution in [-0.2, 0) is 21.5 Å². The second-order valence-electron chi connectivity index (χ2n) is 8.57. The van der Waals surface area contributed by atoms with Crippen LogP contribution in [0.2, 0.25) is 0 Å². The van der Waals surface area contributed by atoms with Crippen molar-refractivity contribution in [1.29, 1.82) is 0 Å². The van der Waals surface area contributed by atoms with Gasteiger partial charge in [-0.3, -0.25) is 9.59 Å². The standard InChI is InChI=1S/C22H29N3O3/c1-14-3-4-18-17(11-14)16-5-8-23-22(21(16)24-18)6-9-25(10-7-22)19(26)12-15(2)13-20(27)28/h3-4,11,15,23-24H,5-10,12-13H2,1-2H3,(H,27,28). The highest BCUT2D eigenvalue weighted by atomic mass is 16.4. The molecule has 1 aromatic carbocycles. The molecular formula is C22H29N3O3. The van der Waals surface area contributed by atoms with Gasteiger partial charge in [0.25, 0.3) is 0 Å². The minimum absolute atomic E-state index is 0.0446. The zero-order valence-electron chi connectivity index (χ0n) is 16.7. The summed E-state index contributed by atoms with van der Waals surface area (Å²) in [6, 6.07) is 6.58. The highest BCUT2D eigenvalue weighted by molar-refractivity contribution is 5.86. The fourth-order valence-corrected chi connectivity index (χ4v) is 4.91. The molecule has 6 heteroatoms. The number of rotatable bonds is 4. The Morgan fingerprint density at radius 3 is 2.71 bits per heavy atom. The van der Waals surface area contributed by atoms with Gasteiger partial charge in [0.05, 0.1) is 5.54 Å². The number of aromatic amines is 1. The van der Waals surface area contributed by atoms with Crippen LogP contribution in [0.25, 0.3) is 10.9 Å². The number of carbonyl (C=O) groups is 2. The lowest BCUT2D eigenvalue weighted by Crippen LogP contribution is -2.55. The van der Waals surface area contributed by atoms with Crippen molar-refractivity contribution in [2.75, 3.05) is 19.6 Å². The van der Waals surface area contributed by atoms with Crippen molar-refractivity contribution >= 4 is 22.8 Å². The van der Waals surface area contributed by atoms with E-state index in [9.17, 15) is 9.59 Å². The Morgan fingerprint density at radius 2 is 2.00 bits per heavy atom. The molecular weight excluding hydrogens is 354 g/mol. The number of benzene rings is 1. The van der Waals surface area contributed by atoms with E-state index in [1.54, 1.807) is 0 Å². The minimum atomic E-state index is -0.842. The molecule has 1 spiro atoms. The third-order valence-corrected chi connectivity index (χ3v) is 6.39. The minimum Gasteiger partial charge on any atom is -0.481 e. The Labute approximate surface area is 165 Å². The van der Waals surface area contributed by atoms with Crippen molar-refractivity contribution in [3.8, 4) is 0 Å². The van der Waals surface area contributed by atoms with Crippen LogP contribution in [0.3, 0.4) is 0 Å². The quantitative estimate of drug-likeness (QED) is 0.758. The lowest BCUT2D eigenvalue weighted by Gasteiger charge is -2.45. The molecule has 0 radical (unpaired) electrons. The van der Waals surface area contributed by atoms with E-state index < -0.39 is 5.97 Å². The molecule has 2 aliphatic rings. The number of nitrogens with one attached hydrogen (secondary N) is 2. The molecule has 4 rings (SSSR count). The van der Waals surface area contributed by atoms with Crippen LogP contribution in [0.4, 0.5) is 0 Å². The summed E-state index contributed by atoms with van der Waals surface area (Å²) in [5, 5.41) is 14.0. The average molecular weight is 383 g/mol. The molecule has 1 amide bonds. The van der Waals surface area contributed by atoms with Crippen LogP contribution in [0, 0.1) is 12.8 Å². The zero-order chi connectivity index (χ0) is 19.9. The first kappa shape index (κ1) is 19.0. The summed E-state index contributed by atoms with van der Waals surface area (Å²) in [5.41, 5.74) is 5.10. The van der Waals surface area contributed by atoms with Crippen molar-refractivity contribution in [2.45, 2.75) is 51.5 Å². The third-order valence-electron chi connectivity index (χ3n) is 6.39. The summed E-state index contributed by atoms with van der Waals surface area (Å²) >= 11 is 0. The van der Waals surface area contributed by atoms with Crippen LogP contribution in [-0.4, -0.2) is 46.5 Å². The molecule has 6 nitrogen and oxygen atoms in total. The summed E-state index contributed by atoms with van der Waals surface area (Å²) < 4.78 is 0. The molecule has 1 atom stereocenters. The monoisotopic (exact) mass is 383 g/mol. The normalized spacial score (nSPS) is 19.6. The van der Waals surface area contributed by atoms with E-state index >= 15 is 0 Å². The van der Waals surface area contributed by atoms with Gasteiger partial charge in [-0.05, 0) is 49.8 Å². The molecule has 1 fully saturated rings. The number of aryl methyl sites for hydroxylation is 1. The SMILES string of the molecule is Cc1ccc2[nH]c3c(c2c1)CCNC31CCN(C(=O)CC(C)CC(=O)O)CC1. The Bertz CT molecular complexity index is 909. The van der Waals surface area contributed by atoms with Crippen LogP contribution in [0.5, 0.6) is 0 Å². The number of likely N-dealkylation sites (tertiary alicyclic amines) is 1. The maximum absolute atomic E-state index is 12.6. The van der Waals surface area contributed by atoms with Gasteiger partial charge in [-0.2, -0.15) is 0 Å². The second kappa shape index (κ2) is 7.24. The number of piperidine rings is 1. The Kier molecular flexibility index (Phi) is 4.91. The average Bonchev–Trinajstić information content (AvgIpc) is 3.01. The van der Waals surface area contributed by atoms with Gasteiger partial charge in [-0.1, -0.05) is 18.6 Å². The molecule has 28 heavy (non-hydrogen) atoms. The fourth-order valence-electron chi connectivity index (χ4n) is 4.91. The van der Waals surface area contributed by atoms with E-state index in [2.05, 4.69) is 35.4 Å². The number of fused-ring (bicyclic) bond motifs is 4. The van der Waals surface area contributed by atoms with Gasteiger partial charge in [-0.15, -0.1) is 0 Å². The van der Waals surface area contributed by atoms with E-state index in [4.69, 9.17) is 5.11 Å². The lowest BCUT2D eigenvalue weighted by molar-refractivity contribution is -0.139. The highest BCUT2D eigenvalue weighted by Crippen LogP contribution is 2.40. The van der Waals surface area contributed by atoms with E-state index in [1.807, 2.05) is 11.8 Å². The van der Waals surface area contributed by atoms with Crippen LogP contribution in [0.15, 0.2) is 18.2 Å². The summed E-state index contributed by atoms with van der Waals surface area (Å²) in [5.74, 6) is -0.893. The molecule has 2 aromatic rings. The summed E-state index contributed by atoms with van der Waals surface area (Å²) in [4.78, 5) is 29.0. The van der Waals surface area contributed by atoms with E-state index in [-0.39, 0.29) is 23.8 Å². The first-order valence-corrected chi connectivity index (χ1v) is 10.2. The van der Waals surface area contributed by atoms with Crippen LogP contribution >= 0.6 is 0 Å². The van der Waals surface area contributed by atoms with Gasteiger partial charge in [0, 0.05) is 49.1 Å². The topological polar surface area (TPSA) is 85.4 Å². The molecule has 1 unspecified atom stereocenters. The largest absolute Gasteiger partial charge is 0.481 e. The van der Waals surface area contributed by atoms with E-state index in [0.29, 0.717) is 19.5 Å². The Morgan fingerprint density at radius 1 is 1.25 bits per heavy atom. The molecule has 0 saturated carbocycles. The third kappa shape index (κ3) is 3.41. The Hall–Kier alpha value is -2.34. The second-order valence-corrected chi connectivity index (χ2v) is 8.57. The Balaban J connectivity index is 1.50. The summed E-state index contributed by atoms with van der Waals surface area (Å²) in [6.07, 6.45) is 3.14. The van der Waals surface area contributed by atoms with Crippen molar-refractivity contribution < 1.29 is 14.7 Å². The van der Waals surface area contributed by atoms with Crippen molar-refractivity contribution in [3.05, 3.63) is 35.0 Å². The van der Waals surface area contributed by atoms with Gasteiger partial charge in [0.2, 0.25) is 5.91 Å². The van der Waals surface area contributed by atoms with E-state index in [0.717, 1.165) is 25.8 Å². The van der Waals surface area contributed by atoms with E-state index in [1.165, 1.54) is 27.7 Å². The summed E-state index contributed by atoms with van der Waals surface area (Å²) in [6.45, 7) is 6.33. The van der Waals surface area contributed by atoms with Crippen LogP contribution in [0.1, 0.15) is 49.4 Å². The number of amides is 1. The molecule has 1 aromatic heterocycles. The van der Waals surface area contributed by atoms with Crippen molar-refractivity contribution in [1.82, 2.24) is 15.2 Å². The van der Waals surface area contributed by atoms with Gasteiger partial charge < -0.3 is 20.3 Å². The maximum atomic E-state index is 12.6. The van der Waals surface area contributed by atoms with Gasteiger partial charge in [0.15, 0.2) is 0 Å². The van der Waals surface area contributed by atoms with Gasteiger partial charge in [-0.25, -0.2) is 0 Å². The first-order chi connectivity index (χ1) is 13.4. The number of hydrogen-bond acceptors (Lipinski definition) is 3. The number of aromatic nitrogens is 1.